The van der Waals surface area contributed by atoms with Crippen LogP contribution in [0.1, 0.15) is 64.2 Å². The molecule has 0 saturated heterocycles. The van der Waals surface area contributed by atoms with E-state index in [-0.39, 0.29) is 36.0 Å². The molecule has 0 atom stereocenters. The molecule has 0 radical (unpaired) electrons. The van der Waals surface area contributed by atoms with E-state index in [1.165, 1.54) is 33.9 Å². The molecule has 0 unspecified atom stereocenters. The van der Waals surface area contributed by atoms with Gasteiger partial charge >= 0.3 is 5.97 Å². The van der Waals surface area contributed by atoms with Crippen molar-refractivity contribution in [3.63, 3.8) is 0 Å². The number of hydrogen-bond donors (Lipinski definition) is 1. The van der Waals surface area contributed by atoms with Crippen LogP contribution in [0.2, 0.25) is 5.02 Å². The molecule has 0 bridgehead atoms. The van der Waals surface area contributed by atoms with Crippen molar-refractivity contribution in [3.8, 4) is 5.75 Å². The van der Waals surface area contributed by atoms with Crippen LogP contribution in [0.3, 0.4) is 0 Å². The highest BCUT2D eigenvalue weighted by atomic mass is 35.5. The summed E-state index contributed by atoms with van der Waals surface area (Å²) >= 11 is 5.96. The van der Waals surface area contributed by atoms with Crippen LogP contribution in [0, 0.1) is 12.7 Å². The normalized spacial score (nSPS) is 10.2. The van der Waals surface area contributed by atoms with Gasteiger partial charge in [0.2, 0.25) is 0 Å². The number of aryl methyl sites for hydroxylation is 2. The van der Waals surface area contributed by atoms with Crippen molar-refractivity contribution in [3.05, 3.63) is 63.9 Å². The van der Waals surface area contributed by atoms with E-state index in [1.54, 1.807) is 38.1 Å². The maximum absolute atomic E-state index is 12.9. The summed E-state index contributed by atoms with van der Waals surface area (Å²) < 4.78 is 17.7. The lowest BCUT2D eigenvalue weighted by Gasteiger charge is -2.29. The first-order valence-electron chi connectivity index (χ1n) is 11.1. The van der Waals surface area contributed by atoms with Crippen molar-refractivity contribution in [2.24, 2.45) is 0 Å². The fourth-order valence-corrected chi connectivity index (χ4v) is 3.50. The Balaban J connectivity index is 0.000000605. The van der Waals surface area contributed by atoms with Gasteiger partial charge in [0, 0.05) is 17.9 Å². The summed E-state index contributed by atoms with van der Waals surface area (Å²) in [6.07, 6.45) is 0.944. The van der Waals surface area contributed by atoms with Crippen molar-refractivity contribution >= 4 is 34.9 Å². The topological polar surface area (TPSA) is 97.7 Å². The molecule has 0 aliphatic carbocycles. The molecule has 1 N–H and O–H groups in total. The van der Waals surface area contributed by atoms with Gasteiger partial charge in [-0.2, -0.15) is 0 Å². The lowest BCUT2D eigenvalue weighted by atomic mass is 9.69. The second kappa shape index (κ2) is 15.0. The molecule has 35 heavy (non-hydrogen) atoms. The van der Waals surface area contributed by atoms with Gasteiger partial charge in [-0.3, -0.25) is 19.2 Å². The second-order valence-electron chi connectivity index (χ2n) is 7.93. The fourth-order valence-electron chi connectivity index (χ4n) is 3.33. The number of carboxylic acid groups (broad SMARTS) is 1. The van der Waals surface area contributed by atoms with Gasteiger partial charge in [-0.05, 0) is 75.1 Å². The summed E-state index contributed by atoms with van der Waals surface area (Å²) in [5.74, 6) is -1.59. The van der Waals surface area contributed by atoms with Crippen LogP contribution < -0.4 is 4.74 Å². The van der Waals surface area contributed by atoms with E-state index in [1.807, 2.05) is 13.0 Å². The summed E-state index contributed by atoms with van der Waals surface area (Å²) in [5, 5.41) is 8.16. The van der Waals surface area contributed by atoms with Crippen molar-refractivity contribution in [1.29, 1.82) is 0 Å². The predicted octanol–water partition coefficient (Wildman–Crippen LogP) is 5.92. The Morgan fingerprint density at radius 2 is 1.54 bits per heavy atom. The maximum Gasteiger partial charge on any atom is 0.303 e. The number of aliphatic carboxylic acids is 1. The summed E-state index contributed by atoms with van der Waals surface area (Å²) in [4.78, 5) is 45.0. The highest BCUT2D eigenvalue weighted by Crippen LogP contribution is 2.35. The Kier molecular flexibility index (Phi) is 13.7. The molecule has 0 aliphatic rings. The molecule has 0 saturated carbocycles. The number of benzene rings is 2. The SMILES string of the molecule is CC(=O)CC(C(C)=O)(C(C)=O)c1cc(Cl)ccc1C.CCC(=O)O.CCc1ccc(OC)c(F)c1. The molecule has 2 aromatic carbocycles. The molecular weight excluding hydrogens is 475 g/mol. The molecule has 192 valence electrons. The number of carbonyl (C=O) groups is 4. The first kappa shape index (κ1) is 31.9. The molecule has 0 aliphatic heterocycles. The summed E-state index contributed by atoms with van der Waals surface area (Å²) in [6.45, 7) is 9.44. The van der Waals surface area contributed by atoms with Crippen LogP contribution in [0.25, 0.3) is 0 Å². The van der Waals surface area contributed by atoms with Crippen molar-refractivity contribution in [2.45, 2.75) is 66.2 Å². The maximum atomic E-state index is 12.9. The Hall–Kier alpha value is -3.06. The van der Waals surface area contributed by atoms with Crippen molar-refractivity contribution in [2.75, 3.05) is 7.11 Å². The van der Waals surface area contributed by atoms with Crippen LogP contribution in [0.15, 0.2) is 36.4 Å². The molecule has 0 fully saturated rings. The number of halogens is 2. The molecule has 8 heteroatoms. The number of ketones is 3. The van der Waals surface area contributed by atoms with Crippen LogP contribution in [-0.2, 0) is 31.0 Å². The Morgan fingerprint density at radius 3 is 1.91 bits per heavy atom. The van der Waals surface area contributed by atoms with Crippen molar-refractivity contribution in [1.82, 2.24) is 0 Å². The predicted molar refractivity (Wildman–Crippen MR) is 135 cm³/mol. The van der Waals surface area contributed by atoms with Gasteiger partial charge in [0.05, 0.1) is 7.11 Å². The van der Waals surface area contributed by atoms with Gasteiger partial charge in [0.1, 0.15) is 22.8 Å². The molecule has 0 heterocycles. The van der Waals surface area contributed by atoms with Gasteiger partial charge in [-0.15, -0.1) is 0 Å². The number of rotatable bonds is 8. The monoisotopic (exact) mass is 508 g/mol. The standard InChI is InChI=1S/C15H17ClO3.C9H11FO.C3H6O2/c1-9-5-6-13(16)7-14(9)15(11(3)18,12(4)19)8-10(2)17;1-3-7-4-5-9(11-2)8(10)6-7;1-2-3(4)5/h5-7H,8H2,1-4H3;4-6H,3H2,1-2H3;2H2,1H3,(H,4,5). The number of hydrogen-bond acceptors (Lipinski definition) is 5. The average molecular weight is 509 g/mol. The van der Waals surface area contributed by atoms with E-state index in [9.17, 15) is 23.6 Å². The third kappa shape index (κ3) is 9.61. The van der Waals surface area contributed by atoms with Gasteiger partial charge in [-0.25, -0.2) is 4.39 Å². The molecule has 0 spiro atoms. The smallest absolute Gasteiger partial charge is 0.303 e. The Morgan fingerprint density at radius 1 is 1.00 bits per heavy atom. The number of ether oxygens (including phenoxy) is 1. The first-order chi connectivity index (χ1) is 16.3. The second-order valence-corrected chi connectivity index (χ2v) is 8.36. The minimum absolute atomic E-state index is 0.126. The first-order valence-corrected chi connectivity index (χ1v) is 11.5. The summed E-state index contributed by atoms with van der Waals surface area (Å²) in [7, 11) is 1.46. The minimum Gasteiger partial charge on any atom is -0.494 e. The lowest BCUT2D eigenvalue weighted by Crippen LogP contribution is -2.43. The molecular formula is C27H34ClFO6. The van der Waals surface area contributed by atoms with E-state index in [0.717, 1.165) is 17.5 Å². The number of methoxy groups -OCH3 is 1. The summed E-state index contributed by atoms with van der Waals surface area (Å²) in [5.41, 5.74) is 0.871. The number of carboxylic acids is 1. The van der Waals surface area contributed by atoms with Crippen molar-refractivity contribution < 1.29 is 33.4 Å². The van der Waals surface area contributed by atoms with Gasteiger partial charge in [0.15, 0.2) is 11.6 Å². The zero-order valence-corrected chi connectivity index (χ0v) is 22.1. The molecule has 0 amide bonds. The average Bonchev–Trinajstić information content (AvgIpc) is 2.79. The highest BCUT2D eigenvalue weighted by Gasteiger charge is 2.44. The highest BCUT2D eigenvalue weighted by molar-refractivity contribution is 6.30. The summed E-state index contributed by atoms with van der Waals surface area (Å²) in [6, 6.07) is 10.1. The molecule has 2 rings (SSSR count). The van der Waals surface area contributed by atoms with E-state index >= 15 is 0 Å². The molecule has 2 aromatic rings. The Bertz CT molecular complexity index is 1030. The quantitative estimate of drug-likeness (QED) is 0.444. The molecule has 0 aromatic heterocycles. The van der Waals surface area contributed by atoms with Gasteiger partial charge in [0.25, 0.3) is 0 Å². The zero-order chi connectivity index (χ0) is 27.3. The Labute approximate surface area is 211 Å². The number of Topliss-reactive ketones (excluding diaryl/α,β-unsaturated/α-hetero) is 3. The largest absolute Gasteiger partial charge is 0.494 e. The zero-order valence-electron chi connectivity index (χ0n) is 21.3. The van der Waals surface area contributed by atoms with Gasteiger partial charge < -0.3 is 9.84 Å². The lowest BCUT2D eigenvalue weighted by molar-refractivity contribution is -0.137. The van der Waals surface area contributed by atoms with Crippen LogP contribution in [0.5, 0.6) is 5.75 Å². The fraction of sp³-hybridized carbons (Fsp3) is 0.407. The van der Waals surface area contributed by atoms with Crippen LogP contribution >= 0.6 is 11.6 Å². The van der Waals surface area contributed by atoms with Crippen LogP contribution in [-0.4, -0.2) is 35.5 Å². The third-order valence-electron chi connectivity index (χ3n) is 5.30. The van der Waals surface area contributed by atoms with E-state index in [4.69, 9.17) is 21.4 Å². The van der Waals surface area contributed by atoms with E-state index in [2.05, 4.69) is 0 Å². The third-order valence-corrected chi connectivity index (χ3v) is 5.54. The number of carbonyl (C=O) groups excluding carboxylic acids is 3. The van der Waals surface area contributed by atoms with Crippen LogP contribution in [0.4, 0.5) is 4.39 Å². The minimum atomic E-state index is -1.42. The van der Waals surface area contributed by atoms with Gasteiger partial charge in [-0.1, -0.05) is 37.6 Å². The van der Waals surface area contributed by atoms with E-state index in [0.29, 0.717) is 16.3 Å². The van der Waals surface area contributed by atoms with E-state index < -0.39 is 11.4 Å². The molecule has 6 nitrogen and oxygen atoms in total.